The van der Waals surface area contributed by atoms with E-state index in [-0.39, 0.29) is 17.5 Å². The van der Waals surface area contributed by atoms with Gasteiger partial charge in [0, 0.05) is 23.1 Å². The summed E-state index contributed by atoms with van der Waals surface area (Å²) >= 11 is 0. The molecule has 0 bridgehead atoms. The maximum atomic E-state index is 11.0. The first kappa shape index (κ1) is 16.5. The number of aromatic amines is 1. The Kier molecular flexibility index (Phi) is 4.30. The molecule has 1 unspecified atom stereocenters. The third kappa shape index (κ3) is 2.90. The largest absolute Gasteiger partial charge is 0.508 e. The van der Waals surface area contributed by atoms with Gasteiger partial charge in [-0.3, -0.25) is 20.1 Å². The van der Waals surface area contributed by atoms with Gasteiger partial charge in [-0.05, 0) is 43.6 Å². The van der Waals surface area contributed by atoms with E-state index in [0.717, 1.165) is 48.0 Å². The van der Waals surface area contributed by atoms with Crippen molar-refractivity contribution < 1.29 is 10.0 Å². The third-order valence-electron chi connectivity index (χ3n) is 5.09. The van der Waals surface area contributed by atoms with E-state index < -0.39 is 4.92 Å². The molecule has 0 spiro atoms. The van der Waals surface area contributed by atoms with Gasteiger partial charge < -0.3 is 5.11 Å². The van der Waals surface area contributed by atoms with Crippen LogP contribution in [0.25, 0.3) is 10.9 Å². The number of hydrogen-bond donors (Lipinski definition) is 2. The van der Waals surface area contributed by atoms with Crippen LogP contribution in [0.4, 0.5) is 5.69 Å². The second kappa shape index (κ2) is 6.76. The number of nitro groups is 1. The molecule has 0 aliphatic carbocycles. The standard InChI is InChI=1S/C19H20N4O3/c24-17-9-8-16-15(12-20-21-16)18(17)19(22-10-2-1-3-11-22)13-4-6-14(7-5-13)23(25)26/h4-9,12,19,24H,1-3,10-11H2,(H,20,21). The summed E-state index contributed by atoms with van der Waals surface area (Å²) in [5, 5.41) is 29.6. The summed E-state index contributed by atoms with van der Waals surface area (Å²) in [6.07, 6.45) is 5.13. The number of nitrogens with zero attached hydrogens (tertiary/aromatic N) is 3. The lowest BCUT2D eigenvalue weighted by molar-refractivity contribution is -0.384. The second-order valence-electron chi connectivity index (χ2n) is 6.68. The van der Waals surface area contributed by atoms with E-state index in [1.807, 2.05) is 6.07 Å². The van der Waals surface area contributed by atoms with E-state index in [2.05, 4.69) is 15.1 Å². The van der Waals surface area contributed by atoms with Crippen LogP contribution in [0.2, 0.25) is 0 Å². The van der Waals surface area contributed by atoms with Crippen molar-refractivity contribution in [3.05, 3.63) is 63.8 Å². The quantitative estimate of drug-likeness (QED) is 0.551. The monoisotopic (exact) mass is 352 g/mol. The molecule has 1 atom stereocenters. The number of non-ortho nitro benzene ring substituents is 1. The average Bonchev–Trinajstić information content (AvgIpc) is 3.14. The van der Waals surface area contributed by atoms with Gasteiger partial charge in [0.05, 0.1) is 22.7 Å². The minimum Gasteiger partial charge on any atom is -0.508 e. The van der Waals surface area contributed by atoms with Crippen molar-refractivity contribution >= 4 is 16.6 Å². The van der Waals surface area contributed by atoms with Gasteiger partial charge in [0.25, 0.3) is 5.69 Å². The van der Waals surface area contributed by atoms with Crippen LogP contribution in [-0.4, -0.2) is 38.2 Å². The molecule has 3 aromatic rings. The normalized spacial score (nSPS) is 16.6. The Morgan fingerprint density at radius 1 is 1.12 bits per heavy atom. The molecule has 2 N–H and O–H groups in total. The highest BCUT2D eigenvalue weighted by Crippen LogP contribution is 2.40. The number of nitro benzene ring substituents is 1. The molecule has 1 aliphatic rings. The number of benzene rings is 2. The van der Waals surface area contributed by atoms with Gasteiger partial charge in [0.15, 0.2) is 0 Å². The molecular weight excluding hydrogens is 332 g/mol. The van der Waals surface area contributed by atoms with Crippen LogP contribution in [0.3, 0.4) is 0 Å². The van der Waals surface area contributed by atoms with Crippen LogP contribution in [0.15, 0.2) is 42.6 Å². The molecule has 0 saturated carbocycles. The zero-order valence-electron chi connectivity index (χ0n) is 14.3. The van der Waals surface area contributed by atoms with Crippen LogP contribution in [0, 0.1) is 10.1 Å². The highest BCUT2D eigenvalue weighted by molar-refractivity contribution is 5.85. The molecule has 1 aromatic heterocycles. The predicted octanol–water partition coefficient (Wildman–Crippen LogP) is 3.75. The van der Waals surface area contributed by atoms with Crippen LogP contribution in [0.5, 0.6) is 5.75 Å². The van der Waals surface area contributed by atoms with Crippen molar-refractivity contribution in [1.82, 2.24) is 15.1 Å². The molecular formula is C19H20N4O3. The van der Waals surface area contributed by atoms with Gasteiger partial charge in [-0.15, -0.1) is 0 Å². The molecule has 0 amide bonds. The lowest BCUT2D eigenvalue weighted by Gasteiger charge is -2.35. The Hall–Kier alpha value is -2.93. The van der Waals surface area contributed by atoms with Crippen LogP contribution < -0.4 is 0 Å². The van der Waals surface area contributed by atoms with Crippen molar-refractivity contribution in [2.24, 2.45) is 0 Å². The topological polar surface area (TPSA) is 95.3 Å². The Balaban J connectivity index is 1.86. The fraction of sp³-hybridized carbons (Fsp3) is 0.316. The van der Waals surface area contributed by atoms with E-state index in [1.54, 1.807) is 24.4 Å². The summed E-state index contributed by atoms with van der Waals surface area (Å²) in [5.41, 5.74) is 2.66. The van der Waals surface area contributed by atoms with Gasteiger partial charge in [-0.2, -0.15) is 5.10 Å². The number of phenolic OH excluding ortho intramolecular Hbond substituents is 1. The van der Waals surface area contributed by atoms with E-state index >= 15 is 0 Å². The van der Waals surface area contributed by atoms with E-state index in [1.165, 1.54) is 18.6 Å². The number of H-pyrrole nitrogens is 1. The average molecular weight is 352 g/mol. The third-order valence-corrected chi connectivity index (χ3v) is 5.09. The molecule has 134 valence electrons. The zero-order chi connectivity index (χ0) is 18.1. The molecule has 1 aliphatic heterocycles. The molecule has 0 radical (unpaired) electrons. The molecule has 2 heterocycles. The molecule has 1 saturated heterocycles. The molecule has 7 nitrogen and oxygen atoms in total. The summed E-state index contributed by atoms with van der Waals surface area (Å²) in [7, 11) is 0. The maximum absolute atomic E-state index is 11.0. The van der Waals surface area contributed by atoms with E-state index in [0.29, 0.717) is 0 Å². The van der Waals surface area contributed by atoms with Gasteiger partial charge in [-0.25, -0.2) is 0 Å². The Labute approximate surface area is 150 Å². The number of likely N-dealkylation sites (tertiary alicyclic amines) is 1. The number of fused-ring (bicyclic) bond motifs is 1. The molecule has 7 heteroatoms. The number of nitrogens with one attached hydrogen (secondary N) is 1. The maximum Gasteiger partial charge on any atom is 0.269 e. The zero-order valence-corrected chi connectivity index (χ0v) is 14.3. The summed E-state index contributed by atoms with van der Waals surface area (Å²) < 4.78 is 0. The van der Waals surface area contributed by atoms with Crippen molar-refractivity contribution in [1.29, 1.82) is 0 Å². The minimum atomic E-state index is -0.395. The highest BCUT2D eigenvalue weighted by atomic mass is 16.6. The SMILES string of the molecule is O=[N+]([O-])c1ccc(C(c2c(O)ccc3[nH]ncc23)N2CCCCC2)cc1. The highest BCUT2D eigenvalue weighted by Gasteiger charge is 2.28. The first-order valence-electron chi connectivity index (χ1n) is 8.78. The summed E-state index contributed by atoms with van der Waals surface area (Å²) in [6.45, 7) is 1.85. The molecule has 26 heavy (non-hydrogen) atoms. The molecule has 1 fully saturated rings. The first-order chi connectivity index (χ1) is 12.6. The Morgan fingerprint density at radius 3 is 2.54 bits per heavy atom. The lowest BCUT2D eigenvalue weighted by Crippen LogP contribution is -2.34. The van der Waals surface area contributed by atoms with Gasteiger partial charge >= 0.3 is 0 Å². The minimum absolute atomic E-state index is 0.0666. The Morgan fingerprint density at radius 2 is 1.85 bits per heavy atom. The first-order valence-corrected chi connectivity index (χ1v) is 8.78. The van der Waals surface area contributed by atoms with Gasteiger partial charge in [-0.1, -0.05) is 18.6 Å². The fourth-order valence-electron chi connectivity index (χ4n) is 3.83. The summed E-state index contributed by atoms with van der Waals surface area (Å²) in [4.78, 5) is 12.9. The fourth-order valence-corrected chi connectivity index (χ4v) is 3.83. The van der Waals surface area contributed by atoms with Crippen LogP contribution in [-0.2, 0) is 0 Å². The number of piperidine rings is 1. The number of aromatic nitrogens is 2. The van der Waals surface area contributed by atoms with Crippen LogP contribution in [0.1, 0.15) is 36.4 Å². The summed E-state index contributed by atoms with van der Waals surface area (Å²) in [6, 6.07) is 9.95. The number of phenols is 1. The molecule has 2 aromatic carbocycles. The van der Waals surface area contributed by atoms with E-state index in [9.17, 15) is 15.2 Å². The smallest absolute Gasteiger partial charge is 0.269 e. The van der Waals surface area contributed by atoms with Crippen molar-refractivity contribution in [3.8, 4) is 5.75 Å². The van der Waals surface area contributed by atoms with Gasteiger partial charge in [0.2, 0.25) is 0 Å². The second-order valence-corrected chi connectivity index (χ2v) is 6.68. The Bertz CT molecular complexity index is 930. The lowest BCUT2D eigenvalue weighted by atomic mass is 9.92. The van der Waals surface area contributed by atoms with Crippen molar-refractivity contribution in [3.63, 3.8) is 0 Å². The van der Waals surface area contributed by atoms with Crippen LogP contribution >= 0.6 is 0 Å². The van der Waals surface area contributed by atoms with Gasteiger partial charge in [0.1, 0.15) is 5.75 Å². The summed E-state index contributed by atoms with van der Waals surface area (Å²) in [5.74, 6) is 0.216. The van der Waals surface area contributed by atoms with Crippen molar-refractivity contribution in [2.45, 2.75) is 25.3 Å². The van der Waals surface area contributed by atoms with Crippen molar-refractivity contribution in [2.75, 3.05) is 13.1 Å². The number of rotatable bonds is 4. The number of hydrogen-bond acceptors (Lipinski definition) is 5. The molecule has 4 rings (SSSR count). The predicted molar refractivity (Wildman–Crippen MR) is 98.1 cm³/mol. The van der Waals surface area contributed by atoms with E-state index in [4.69, 9.17) is 0 Å². The number of aromatic hydroxyl groups is 1.